The van der Waals surface area contributed by atoms with Crippen LogP contribution < -0.4 is 10.0 Å². The van der Waals surface area contributed by atoms with E-state index in [0.717, 1.165) is 27.4 Å². The van der Waals surface area contributed by atoms with Crippen molar-refractivity contribution < 1.29 is 13.2 Å². The highest BCUT2D eigenvalue weighted by molar-refractivity contribution is 7.92. The fourth-order valence-electron chi connectivity index (χ4n) is 3.04. The van der Waals surface area contributed by atoms with Crippen molar-refractivity contribution >= 4 is 65.1 Å². The number of H-pyrrole nitrogens is 1. The van der Waals surface area contributed by atoms with Crippen LogP contribution in [0.4, 0.5) is 5.13 Å². The number of nitrogens with zero attached hydrogens (tertiary/aromatic N) is 1. The molecule has 0 aliphatic heterocycles. The van der Waals surface area contributed by atoms with Gasteiger partial charge in [-0.3, -0.25) is 9.52 Å². The maximum atomic E-state index is 12.5. The van der Waals surface area contributed by atoms with Gasteiger partial charge in [0.2, 0.25) is 10.0 Å². The SMILES string of the molecule is CS(=O)(=O)Nc1nc2ccc(C(=O)NCCc3c[nH]c4ccc(Cl)cc34)cc2s1. The molecule has 10 heteroatoms. The molecule has 7 nitrogen and oxygen atoms in total. The minimum Gasteiger partial charge on any atom is -0.361 e. The maximum absolute atomic E-state index is 12.5. The number of halogens is 1. The topological polar surface area (TPSA) is 104 Å². The Morgan fingerprint density at radius 2 is 2.07 bits per heavy atom. The van der Waals surface area contributed by atoms with Crippen molar-refractivity contribution in [1.82, 2.24) is 15.3 Å². The number of thiazole rings is 1. The molecular formula is C19H17ClN4O3S2. The van der Waals surface area contributed by atoms with Crippen LogP contribution in [-0.2, 0) is 16.4 Å². The van der Waals surface area contributed by atoms with Crippen LogP contribution in [0.2, 0.25) is 5.02 Å². The van der Waals surface area contributed by atoms with Gasteiger partial charge in [-0.15, -0.1) is 0 Å². The van der Waals surface area contributed by atoms with Gasteiger partial charge in [-0.25, -0.2) is 13.4 Å². The van der Waals surface area contributed by atoms with Gasteiger partial charge in [0.25, 0.3) is 5.91 Å². The molecule has 2 heterocycles. The highest BCUT2D eigenvalue weighted by Gasteiger charge is 2.12. The molecule has 0 bridgehead atoms. The number of sulfonamides is 1. The molecule has 0 saturated heterocycles. The van der Waals surface area contributed by atoms with Gasteiger partial charge in [0, 0.05) is 34.2 Å². The van der Waals surface area contributed by atoms with Crippen LogP contribution >= 0.6 is 22.9 Å². The van der Waals surface area contributed by atoms with E-state index in [2.05, 4.69) is 20.0 Å². The molecule has 0 spiro atoms. The van der Waals surface area contributed by atoms with E-state index in [1.807, 2.05) is 24.4 Å². The summed E-state index contributed by atoms with van der Waals surface area (Å²) in [5, 5.41) is 4.91. The van der Waals surface area contributed by atoms with Crippen LogP contribution in [0, 0.1) is 0 Å². The van der Waals surface area contributed by atoms with E-state index in [4.69, 9.17) is 11.6 Å². The van der Waals surface area contributed by atoms with Crippen LogP contribution in [0.5, 0.6) is 0 Å². The van der Waals surface area contributed by atoms with E-state index in [9.17, 15) is 13.2 Å². The predicted octanol–water partition coefficient (Wildman–Crippen LogP) is 3.78. The van der Waals surface area contributed by atoms with Gasteiger partial charge in [-0.2, -0.15) is 0 Å². The monoisotopic (exact) mass is 448 g/mol. The predicted molar refractivity (Wildman–Crippen MR) is 117 cm³/mol. The van der Waals surface area contributed by atoms with Crippen LogP contribution in [0.3, 0.4) is 0 Å². The average molecular weight is 449 g/mol. The van der Waals surface area contributed by atoms with E-state index < -0.39 is 10.0 Å². The molecular weight excluding hydrogens is 432 g/mol. The summed E-state index contributed by atoms with van der Waals surface area (Å²) in [5.74, 6) is -0.198. The molecule has 0 unspecified atom stereocenters. The van der Waals surface area contributed by atoms with Crippen molar-refractivity contribution in [3.8, 4) is 0 Å². The van der Waals surface area contributed by atoms with Gasteiger partial charge in [0.1, 0.15) is 0 Å². The quantitative estimate of drug-likeness (QED) is 0.417. The minimum absolute atomic E-state index is 0.198. The first kappa shape index (κ1) is 19.7. The lowest BCUT2D eigenvalue weighted by molar-refractivity contribution is 0.0954. The molecule has 2 aromatic carbocycles. The fourth-order valence-corrected chi connectivity index (χ4v) is 4.95. The summed E-state index contributed by atoms with van der Waals surface area (Å²) in [6.45, 7) is 0.472. The molecule has 0 saturated carbocycles. The lowest BCUT2D eigenvalue weighted by Crippen LogP contribution is -2.25. The third kappa shape index (κ3) is 4.52. The Labute approximate surface area is 176 Å². The number of rotatable bonds is 6. The minimum atomic E-state index is -3.40. The van der Waals surface area contributed by atoms with Gasteiger partial charge < -0.3 is 10.3 Å². The summed E-state index contributed by atoms with van der Waals surface area (Å²) < 4.78 is 25.8. The standard InChI is InChI=1S/C19H17ClN4O3S2/c1-29(26,27)24-19-23-16-4-2-11(8-17(16)28-19)18(25)21-7-6-12-10-22-15-5-3-13(20)9-14(12)15/h2-5,8-10,22H,6-7H2,1H3,(H,21,25)(H,23,24). The molecule has 0 radical (unpaired) electrons. The average Bonchev–Trinajstić information content (AvgIpc) is 3.22. The Bertz CT molecular complexity index is 1330. The summed E-state index contributed by atoms with van der Waals surface area (Å²) in [5.41, 5.74) is 3.21. The van der Waals surface area contributed by atoms with Crippen LogP contribution in [0.25, 0.3) is 21.1 Å². The van der Waals surface area contributed by atoms with Gasteiger partial charge in [0.15, 0.2) is 5.13 Å². The van der Waals surface area contributed by atoms with Gasteiger partial charge in [-0.1, -0.05) is 22.9 Å². The Balaban J connectivity index is 1.43. The number of amides is 1. The van der Waals surface area contributed by atoms with E-state index in [-0.39, 0.29) is 11.0 Å². The van der Waals surface area contributed by atoms with Gasteiger partial charge in [-0.05, 0) is 48.4 Å². The second-order valence-electron chi connectivity index (χ2n) is 6.59. The lowest BCUT2D eigenvalue weighted by Gasteiger charge is -2.05. The highest BCUT2D eigenvalue weighted by atomic mass is 35.5. The van der Waals surface area contributed by atoms with Crippen LogP contribution in [0.1, 0.15) is 15.9 Å². The number of aromatic amines is 1. The Kier molecular flexibility index (Phi) is 5.20. The third-order valence-electron chi connectivity index (χ3n) is 4.33. The molecule has 4 aromatic rings. The molecule has 29 heavy (non-hydrogen) atoms. The van der Waals surface area contributed by atoms with Gasteiger partial charge in [0.05, 0.1) is 16.5 Å². The van der Waals surface area contributed by atoms with Crippen molar-refractivity contribution in [3.05, 3.63) is 58.7 Å². The van der Waals surface area contributed by atoms with Crippen molar-refractivity contribution in [2.24, 2.45) is 0 Å². The van der Waals surface area contributed by atoms with E-state index in [0.29, 0.717) is 29.1 Å². The summed E-state index contributed by atoms with van der Waals surface area (Å²) >= 11 is 7.25. The number of carbonyl (C=O) groups is 1. The smallest absolute Gasteiger partial charge is 0.251 e. The molecule has 3 N–H and O–H groups in total. The number of hydrogen-bond donors (Lipinski definition) is 3. The molecule has 0 aliphatic carbocycles. The first-order valence-corrected chi connectivity index (χ1v) is 11.8. The second kappa shape index (κ2) is 7.66. The Morgan fingerprint density at radius 1 is 1.24 bits per heavy atom. The van der Waals surface area contributed by atoms with Crippen molar-refractivity contribution in [1.29, 1.82) is 0 Å². The van der Waals surface area contributed by atoms with Crippen molar-refractivity contribution in [2.45, 2.75) is 6.42 Å². The molecule has 4 rings (SSSR count). The molecule has 0 aliphatic rings. The molecule has 2 aromatic heterocycles. The number of fused-ring (bicyclic) bond motifs is 2. The molecule has 0 atom stereocenters. The summed E-state index contributed by atoms with van der Waals surface area (Å²) in [4.78, 5) is 19.9. The number of anilines is 1. The maximum Gasteiger partial charge on any atom is 0.251 e. The number of nitrogens with one attached hydrogen (secondary N) is 3. The fraction of sp³-hybridized carbons (Fsp3) is 0.158. The normalized spacial score (nSPS) is 11.8. The zero-order valence-electron chi connectivity index (χ0n) is 15.3. The third-order valence-corrected chi connectivity index (χ3v) is 6.19. The van der Waals surface area contributed by atoms with E-state index in [1.54, 1.807) is 18.2 Å². The summed E-state index contributed by atoms with van der Waals surface area (Å²) in [6, 6.07) is 10.8. The second-order valence-corrected chi connectivity index (χ2v) is 9.80. The van der Waals surface area contributed by atoms with Crippen molar-refractivity contribution in [2.75, 3.05) is 17.5 Å². The zero-order valence-corrected chi connectivity index (χ0v) is 17.7. The number of hydrogen-bond acceptors (Lipinski definition) is 5. The first-order chi connectivity index (χ1) is 13.8. The molecule has 150 valence electrons. The summed E-state index contributed by atoms with van der Waals surface area (Å²) in [6.07, 6.45) is 3.66. The highest BCUT2D eigenvalue weighted by Crippen LogP contribution is 2.27. The van der Waals surface area contributed by atoms with E-state index >= 15 is 0 Å². The number of carbonyl (C=O) groups excluding carboxylic acids is 1. The molecule has 0 fully saturated rings. The lowest BCUT2D eigenvalue weighted by atomic mass is 10.1. The molecule has 1 amide bonds. The summed E-state index contributed by atoms with van der Waals surface area (Å²) in [7, 11) is -3.40. The number of benzene rings is 2. The van der Waals surface area contributed by atoms with E-state index in [1.165, 1.54) is 11.3 Å². The van der Waals surface area contributed by atoms with Gasteiger partial charge >= 0.3 is 0 Å². The number of aromatic nitrogens is 2. The first-order valence-electron chi connectivity index (χ1n) is 8.70. The Morgan fingerprint density at radius 3 is 2.86 bits per heavy atom. The van der Waals surface area contributed by atoms with Crippen molar-refractivity contribution in [3.63, 3.8) is 0 Å². The largest absolute Gasteiger partial charge is 0.361 e. The zero-order chi connectivity index (χ0) is 20.6. The Hall–Kier alpha value is -2.62. The van der Waals surface area contributed by atoms with Crippen LogP contribution in [-0.4, -0.2) is 37.1 Å². The van der Waals surface area contributed by atoms with Crippen LogP contribution in [0.15, 0.2) is 42.6 Å².